The van der Waals surface area contributed by atoms with Gasteiger partial charge >= 0.3 is 0 Å². The van der Waals surface area contributed by atoms with Crippen molar-refractivity contribution in [1.29, 1.82) is 0 Å². The molecule has 0 amide bonds. The molecule has 2 atom stereocenters. The van der Waals surface area contributed by atoms with E-state index in [1.807, 2.05) is 0 Å². The molecule has 2 saturated carbocycles. The molecular formula is C18H27NO. The van der Waals surface area contributed by atoms with Crippen LogP contribution in [-0.2, 0) is 6.42 Å². The fourth-order valence-corrected chi connectivity index (χ4v) is 4.00. The Hall–Kier alpha value is -1.02. The molecule has 2 N–H and O–H groups in total. The van der Waals surface area contributed by atoms with Gasteiger partial charge in [0.05, 0.1) is 7.11 Å². The summed E-state index contributed by atoms with van der Waals surface area (Å²) < 4.78 is 5.52. The minimum Gasteiger partial charge on any atom is -0.496 e. The maximum absolute atomic E-state index is 6.77. The fourth-order valence-electron chi connectivity index (χ4n) is 4.00. The van der Waals surface area contributed by atoms with Crippen molar-refractivity contribution in [3.8, 4) is 5.75 Å². The standard InChI is InChI=1S/C18H27NO/c1-13-5-8-17(20-2)16(10-13)12-18(19)9-3-4-15(11-18)14-6-7-14/h5,8,10,14-15H,3-4,6-7,9,11-12,19H2,1-2H3. The molecule has 0 bridgehead atoms. The summed E-state index contributed by atoms with van der Waals surface area (Å²) in [5.74, 6) is 2.86. The van der Waals surface area contributed by atoms with Gasteiger partial charge in [-0.25, -0.2) is 0 Å². The summed E-state index contributed by atoms with van der Waals surface area (Å²) in [7, 11) is 1.76. The summed E-state index contributed by atoms with van der Waals surface area (Å²) >= 11 is 0. The summed E-state index contributed by atoms with van der Waals surface area (Å²) in [5.41, 5.74) is 9.32. The van der Waals surface area contributed by atoms with Crippen LogP contribution in [0.15, 0.2) is 18.2 Å². The number of aryl methyl sites for hydroxylation is 1. The molecule has 3 rings (SSSR count). The van der Waals surface area contributed by atoms with Crippen LogP contribution in [0.4, 0.5) is 0 Å². The first kappa shape index (κ1) is 13.9. The van der Waals surface area contributed by atoms with Gasteiger partial charge in [0.25, 0.3) is 0 Å². The zero-order valence-electron chi connectivity index (χ0n) is 12.8. The van der Waals surface area contributed by atoms with Crippen LogP contribution in [-0.4, -0.2) is 12.6 Å². The number of hydrogen-bond acceptors (Lipinski definition) is 2. The number of ether oxygens (including phenoxy) is 1. The number of nitrogens with two attached hydrogens (primary N) is 1. The zero-order valence-corrected chi connectivity index (χ0v) is 12.8. The maximum Gasteiger partial charge on any atom is 0.122 e. The molecular weight excluding hydrogens is 246 g/mol. The predicted octanol–water partition coefficient (Wildman–Crippen LogP) is 3.84. The average Bonchev–Trinajstić information content (AvgIpc) is 3.23. The van der Waals surface area contributed by atoms with Crippen LogP contribution in [0.3, 0.4) is 0 Å². The van der Waals surface area contributed by atoms with E-state index in [0.717, 1.165) is 30.4 Å². The van der Waals surface area contributed by atoms with E-state index in [4.69, 9.17) is 10.5 Å². The average molecular weight is 273 g/mol. The lowest BCUT2D eigenvalue weighted by atomic mass is 9.71. The molecule has 0 saturated heterocycles. The summed E-state index contributed by atoms with van der Waals surface area (Å²) in [6.45, 7) is 2.14. The Bertz CT molecular complexity index is 480. The first-order valence-electron chi connectivity index (χ1n) is 8.02. The lowest BCUT2D eigenvalue weighted by molar-refractivity contribution is 0.203. The Labute approximate surface area is 122 Å². The third-order valence-corrected chi connectivity index (χ3v) is 5.19. The van der Waals surface area contributed by atoms with Gasteiger partial charge in [-0.3, -0.25) is 0 Å². The highest BCUT2D eigenvalue weighted by atomic mass is 16.5. The van der Waals surface area contributed by atoms with Gasteiger partial charge < -0.3 is 10.5 Å². The van der Waals surface area contributed by atoms with Gasteiger partial charge in [0.15, 0.2) is 0 Å². The van der Waals surface area contributed by atoms with Crippen molar-refractivity contribution in [2.75, 3.05) is 7.11 Å². The van der Waals surface area contributed by atoms with Crippen molar-refractivity contribution in [2.24, 2.45) is 17.6 Å². The Morgan fingerprint density at radius 2 is 2.05 bits per heavy atom. The van der Waals surface area contributed by atoms with Crippen LogP contribution in [0.2, 0.25) is 0 Å². The van der Waals surface area contributed by atoms with Crippen molar-refractivity contribution >= 4 is 0 Å². The van der Waals surface area contributed by atoms with Crippen molar-refractivity contribution in [3.05, 3.63) is 29.3 Å². The lowest BCUT2D eigenvalue weighted by Gasteiger charge is -2.38. The van der Waals surface area contributed by atoms with E-state index in [1.165, 1.54) is 43.2 Å². The van der Waals surface area contributed by atoms with Gasteiger partial charge in [-0.15, -0.1) is 0 Å². The van der Waals surface area contributed by atoms with Crippen molar-refractivity contribution in [3.63, 3.8) is 0 Å². The van der Waals surface area contributed by atoms with Crippen molar-refractivity contribution < 1.29 is 4.74 Å². The largest absolute Gasteiger partial charge is 0.496 e. The smallest absolute Gasteiger partial charge is 0.122 e. The second kappa shape index (κ2) is 5.40. The Kier molecular flexibility index (Phi) is 3.76. The highest BCUT2D eigenvalue weighted by molar-refractivity contribution is 5.38. The maximum atomic E-state index is 6.77. The molecule has 2 aliphatic rings. The Balaban J connectivity index is 1.76. The molecule has 0 aromatic heterocycles. The summed E-state index contributed by atoms with van der Waals surface area (Å²) in [6.07, 6.45) is 8.90. The minimum atomic E-state index is -0.0212. The second-order valence-corrected chi connectivity index (χ2v) is 7.05. The molecule has 0 heterocycles. The molecule has 0 aliphatic heterocycles. The molecule has 20 heavy (non-hydrogen) atoms. The first-order chi connectivity index (χ1) is 9.59. The molecule has 2 nitrogen and oxygen atoms in total. The van der Waals surface area contributed by atoms with Gasteiger partial charge in [-0.2, -0.15) is 0 Å². The molecule has 1 aromatic rings. The second-order valence-electron chi connectivity index (χ2n) is 7.05. The fraction of sp³-hybridized carbons (Fsp3) is 0.667. The number of methoxy groups -OCH3 is 1. The van der Waals surface area contributed by atoms with Gasteiger partial charge in [0, 0.05) is 5.54 Å². The molecule has 2 fully saturated rings. The van der Waals surface area contributed by atoms with E-state index >= 15 is 0 Å². The van der Waals surface area contributed by atoms with E-state index in [1.54, 1.807) is 7.11 Å². The van der Waals surface area contributed by atoms with Gasteiger partial charge in [0.2, 0.25) is 0 Å². The van der Waals surface area contributed by atoms with E-state index in [2.05, 4.69) is 25.1 Å². The first-order valence-corrected chi connectivity index (χ1v) is 8.02. The van der Waals surface area contributed by atoms with Crippen molar-refractivity contribution in [1.82, 2.24) is 0 Å². The Morgan fingerprint density at radius 1 is 1.25 bits per heavy atom. The summed E-state index contributed by atoms with van der Waals surface area (Å²) in [5, 5.41) is 0. The van der Waals surface area contributed by atoms with Crippen LogP contribution in [0.5, 0.6) is 5.75 Å². The molecule has 1 aromatic carbocycles. The van der Waals surface area contributed by atoms with Crippen LogP contribution in [0.25, 0.3) is 0 Å². The number of rotatable bonds is 4. The molecule has 2 aliphatic carbocycles. The highest BCUT2D eigenvalue weighted by Gasteiger charge is 2.40. The lowest BCUT2D eigenvalue weighted by Crippen LogP contribution is -2.46. The van der Waals surface area contributed by atoms with Crippen LogP contribution < -0.4 is 10.5 Å². The predicted molar refractivity (Wildman–Crippen MR) is 83.0 cm³/mol. The molecule has 2 heteroatoms. The normalized spacial score (nSPS) is 30.2. The molecule has 110 valence electrons. The number of benzene rings is 1. The third kappa shape index (κ3) is 3.01. The quantitative estimate of drug-likeness (QED) is 0.904. The molecule has 2 unspecified atom stereocenters. The topological polar surface area (TPSA) is 35.2 Å². The summed E-state index contributed by atoms with van der Waals surface area (Å²) in [4.78, 5) is 0. The third-order valence-electron chi connectivity index (χ3n) is 5.19. The minimum absolute atomic E-state index is 0.0212. The SMILES string of the molecule is COc1ccc(C)cc1CC1(N)CCCC(C2CC2)C1. The Morgan fingerprint density at radius 3 is 2.75 bits per heavy atom. The van der Waals surface area contributed by atoms with Crippen molar-refractivity contribution in [2.45, 2.75) is 57.4 Å². The molecule has 0 radical (unpaired) electrons. The van der Waals surface area contributed by atoms with E-state index in [9.17, 15) is 0 Å². The van der Waals surface area contributed by atoms with Crippen LogP contribution in [0.1, 0.15) is 49.7 Å². The molecule has 0 spiro atoms. The monoisotopic (exact) mass is 273 g/mol. The highest BCUT2D eigenvalue weighted by Crippen LogP contribution is 2.47. The van der Waals surface area contributed by atoms with Gasteiger partial charge in [0.1, 0.15) is 5.75 Å². The number of hydrogen-bond donors (Lipinski definition) is 1. The zero-order chi connectivity index (χ0) is 14.2. The van der Waals surface area contributed by atoms with Gasteiger partial charge in [-0.1, -0.05) is 30.5 Å². The van der Waals surface area contributed by atoms with E-state index < -0.39 is 0 Å². The van der Waals surface area contributed by atoms with Crippen LogP contribution >= 0.6 is 0 Å². The van der Waals surface area contributed by atoms with E-state index in [-0.39, 0.29) is 5.54 Å². The van der Waals surface area contributed by atoms with Gasteiger partial charge in [-0.05, 0) is 62.5 Å². The van der Waals surface area contributed by atoms with E-state index in [0.29, 0.717) is 0 Å². The van der Waals surface area contributed by atoms with Crippen LogP contribution in [0, 0.1) is 18.8 Å². The summed E-state index contributed by atoms with van der Waals surface area (Å²) in [6, 6.07) is 6.43.